The Morgan fingerprint density at radius 3 is 2.52 bits per heavy atom. The van der Waals surface area contributed by atoms with Crippen molar-refractivity contribution in [2.24, 2.45) is 5.92 Å². The molecule has 148 valence electrons. The smallest absolute Gasteiger partial charge is 0.227 e. The fourth-order valence-electron chi connectivity index (χ4n) is 3.53. The molecule has 1 atom stereocenters. The molecule has 1 aliphatic rings. The summed E-state index contributed by atoms with van der Waals surface area (Å²) in [5, 5.41) is 7.18. The third-order valence-corrected chi connectivity index (χ3v) is 5.23. The Kier molecular flexibility index (Phi) is 5.42. The molecule has 2 amide bonds. The van der Waals surface area contributed by atoms with Crippen molar-refractivity contribution < 1.29 is 9.59 Å². The summed E-state index contributed by atoms with van der Waals surface area (Å²) in [6.07, 6.45) is 3.94. The molecule has 0 aliphatic carbocycles. The largest absolute Gasteiger partial charge is 0.352 e. The quantitative estimate of drug-likeness (QED) is 0.706. The highest BCUT2D eigenvalue weighted by atomic mass is 16.2. The van der Waals surface area contributed by atoms with Crippen LogP contribution in [0.3, 0.4) is 0 Å². The van der Waals surface area contributed by atoms with E-state index in [1.54, 1.807) is 11.1 Å². The van der Waals surface area contributed by atoms with Crippen LogP contribution in [0.4, 0.5) is 5.69 Å². The lowest BCUT2D eigenvalue weighted by atomic mass is 10.1. The minimum absolute atomic E-state index is 0.00280. The molecule has 1 saturated heterocycles. The second kappa shape index (κ2) is 8.31. The van der Waals surface area contributed by atoms with Gasteiger partial charge in [0.25, 0.3) is 0 Å². The van der Waals surface area contributed by atoms with Crippen molar-refractivity contribution in [3.63, 3.8) is 0 Å². The normalized spacial score (nSPS) is 16.2. The molecule has 6 nitrogen and oxygen atoms in total. The number of benzene rings is 2. The van der Waals surface area contributed by atoms with Crippen molar-refractivity contribution >= 4 is 17.5 Å². The van der Waals surface area contributed by atoms with E-state index in [4.69, 9.17) is 0 Å². The van der Waals surface area contributed by atoms with Crippen molar-refractivity contribution in [1.82, 2.24) is 15.1 Å². The topological polar surface area (TPSA) is 67.2 Å². The number of aryl methyl sites for hydroxylation is 1. The van der Waals surface area contributed by atoms with E-state index in [1.165, 1.54) is 0 Å². The molecule has 1 aliphatic heterocycles. The van der Waals surface area contributed by atoms with Crippen LogP contribution in [0, 0.1) is 12.8 Å². The van der Waals surface area contributed by atoms with E-state index in [0.717, 1.165) is 28.9 Å². The monoisotopic (exact) mass is 388 g/mol. The number of carbonyl (C=O) groups excluding carboxylic acids is 2. The van der Waals surface area contributed by atoms with Crippen molar-refractivity contribution in [2.45, 2.75) is 26.4 Å². The van der Waals surface area contributed by atoms with Gasteiger partial charge in [-0.3, -0.25) is 14.3 Å². The molecule has 1 N–H and O–H groups in total. The zero-order chi connectivity index (χ0) is 20.2. The molecule has 2 heterocycles. The van der Waals surface area contributed by atoms with Gasteiger partial charge in [-0.15, -0.1) is 0 Å². The summed E-state index contributed by atoms with van der Waals surface area (Å²) in [6, 6.07) is 17.8. The van der Waals surface area contributed by atoms with Crippen LogP contribution in [0.5, 0.6) is 0 Å². The number of nitrogens with one attached hydrogen (secondary N) is 1. The van der Waals surface area contributed by atoms with E-state index < -0.39 is 0 Å². The van der Waals surface area contributed by atoms with Gasteiger partial charge >= 0.3 is 0 Å². The summed E-state index contributed by atoms with van der Waals surface area (Å²) in [6.45, 7) is 3.61. The second-order valence-electron chi connectivity index (χ2n) is 7.48. The lowest BCUT2D eigenvalue weighted by Gasteiger charge is -2.17. The number of aromatic nitrogens is 2. The average Bonchev–Trinajstić information content (AvgIpc) is 3.37. The van der Waals surface area contributed by atoms with Crippen molar-refractivity contribution in [1.29, 1.82) is 0 Å². The van der Waals surface area contributed by atoms with Crippen LogP contribution in [-0.2, 0) is 22.7 Å². The fourth-order valence-corrected chi connectivity index (χ4v) is 3.53. The minimum Gasteiger partial charge on any atom is -0.352 e. The van der Waals surface area contributed by atoms with Gasteiger partial charge in [0.1, 0.15) is 0 Å². The molecular weight excluding hydrogens is 364 g/mol. The number of hydrogen-bond donors (Lipinski definition) is 1. The number of carbonyl (C=O) groups is 2. The first kappa shape index (κ1) is 18.9. The maximum absolute atomic E-state index is 12.6. The van der Waals surface area contributed by atoms with Gasteiger partial charge in [-0.2, -0.15) is 5.10 Å². The summed E-state index contributed by atoms with van der Waals surface area (Å²) in [5.74, 6) is -0.395. The lowest BCUT2D eigenvalue weighted by Crippen LogP contribution is -2.32. The van der Waals surface area contributed by atoms with Gasteiger partial charge in [0.15, 0.2) is 0 Å². The Morgan fingerprint density at radius 1 is 1.10 bits per heavy atom. The zero-order valence-corrected chi connectivity index (χ0v) is 16.4. The van der Waals surface area contributed by atoms with Gasteiger partial charge in [-0.25, -0.2) is 0 Å². The Balaban J connectivity index is 1.30. The van der Waals surface area contributed by atoms with Gasteiger partial charge < -0.3 is 10.2 Å². The highest BCUT2D eigenvalue weighted by Crippen LogP contribution is 2.25. The Bertz CT molecular complexity index is 979. The maximum atomic E-state index is 12.6. The third-order valence-electron chi connectivity index (χ3n) is 5.23. The van der Waals surface area contributed by atoms with Crippen LogP contribution in [0.1, 0.15) is 23.1 Å². The van der Waals surface area contributed by atoms with E-state index >= 15 is 0 Å². The molecular formula is C23H24N4O2. The zero-order valence-electron chi connectivity index (χ0n) is 16.4. The highest BCUT2D eigenvalue weighted by Gasteiger charge is 2.34. The van der Waals surface area contributed by atoms with Gasteiger partial charge in [-0.1, -0.05) is 42.0 Å². The van der Waals surface area contributed by atoms with E-state index in [2.05, 4.69) is 10.4 Å². The number of amides is 2. The van der Waals surface area contributed by atoms with Crippen LogP contribution in [0.25, 0.3) is 0 Å². The third kappa shape index (κ3) is 4.54. The molecule has 1 fully saturated rings. The van der Waals surface area contributed by atoms with E-state index in [9.17, 15) is 9.59 Å². The van der Waals surface area contributed by atoms with Crippen molar-refractivity contribution in [2.75, 3.05) is 11.4 Å². The van der Waals surface area contributed by atoms with Crippen LogP contribution < -0.4 is 10.2 Å². The molecule has 0 saturated carbocycles. The fraction of sp³-hybridized carbons (Fsp3) is 0.261. The van der Waals surface area contributed by atoms with Crippen molar-refractivity contribution in [3.05, 3.63) is 83.7 Å². The molecule has 3 aromatic rings. The standard InChI is InChI=1S/C23H24N4O2/c1-17-3-9-21(10-4-17)27-16-20(13-22(27)28)23(29)24-14-18-5-7-19(8-6-18)15-26-12-2-11-25-26/h2-12,20H,13-16H2,1H3,(H,24,29). The van der Waals surface area contributed by atoms with Crippen LogP contribution >= 0.6 is 0 Å². The van der Waals surface area contributed by atoms with Gasteiger partial charge in [0.05, 0.1) is 12.5 Å². The summed E-state index contributed by atoms with van der Waals surface area (Å²) in [5.41, 5.74) is 4.18. The Labute approximate surface area is 170 Å². The first-order valence-electron chi connectivity index (χ1n) is 9.78. The predicted molar refractivity (Wildman–Crippen MR) is 111 cm³/mol. The second-order valence-corrected chi connectivity index (χ2v) is 7.48. The summed E-state index contributed by atoms with van der Waals surface area (Å²) in [4.78, 5) is 26.6. The molecule has 4 rings (SSSR count). The maximum Gasteiger partial charge on any atom is 0.227 e. The molecule has 0 spiro atoms. The molecule has 2 aromatic carbocycles. The van der Waals surface area contributed by atoms with Crippen molar-refractivity contribution in [3.8, 4) is 0 Å². The summed E-state index contributed by atoms with van der Waals surface area (Å²) in [7, 11) is 0. The molecule has 1 aromatic heterocycles. The molecule has 0 bridgehead atoms. The van der Waals surface area contributed by atoms with Crippen LogP contribution in [-0.4, -0.2) is 28.1 Å². The molecule has 6 heteroatoms. The molecule has 1 unspecified atom stereocenters. The highest BCUT2D eigenvalue weighted by molar-refractivity contribution is 6.00. The molecule has 0 radical (unpaired) electrons. The van der Waals surface area contributed by atoms with Crippen LogP contribution in [0.15, 0.2) is 67.0 Å². The van der Waals surface area contributed by atoms with Gasteiger partial charge in [0, 0.05) is 37.6 Å². The lowest BCUT2D eigenvalue weighted by molar-refractivity contribution is -0.126. The number of anilines is 1. The van der Waals surface area contributed by atoms with E-state index in [-0.39, 0.29) is 24.2 Å². The Morgan fingerprint density at radius 2 is 1.83 bits per heavy atom. The van der Waals surface area contributed by atoms with E-state index in [1.807, 2.05) is 72.4 Å². The number of hydrogen-bond acceptors (Lipinski definition) is 3. The van der Waals surface area contributed by atoms with Gasteiger partial charge in [-0.05, 0) is 36.2 Å². The predicted octanol–water partition coefficient (Wildman–Crippen LogP) is 2.91. The van der Waals surface area contributed by atoms with E-state index in [0.29, 0.717) is 13.1 Å². The Hall–Kier alpha value is -3.41. The average molecular weight is 388 g/mol. The molecule has 29 heavy (non-hydrogen) atoms. The number of rotatable bonds is 6. The summed E-state index contributed by atoms with van der Waals surface area (Å²) >= 11 is 0. The number of nitrogens with zero attached hydrogens (tertiary/aromatic N) is 3. The first-order chi connectivity index (χ1) is 14.1. The minimum atomic E-state index is -0.317. The van der Waals surface area contributed by atoms with Gasteiger partial charge in [0.2, 0.25) is 11.8 Å². The SMILES string of the molecule is Cc1ccc(N2CC(C(=O)NCc3ccc(Cn4cccn4)cc3)CC2=O)cc1. The van der Waals surface area contributed by atoms with Crippen LogP contribution in [0.2, 0.25) is 0 Å². The summed E-state index contributed by atoms with van der Waals surface area (Å²) < 4.78 is 1.87. The first-order valence-corrected chi connectivity index (χ1v) is 9.78.